The lowest BCUT2D eigenvalue weighted by Crippen LogP contribution is -2.43. The maximum absolute atomic E-state index is 12.4. The summed E-state index contributed by atoms with van der Waals surface area (Å²) in [5, 5.41) is 8.99. The van der Waals surface area contributed by atoms with E-state index in [4.69, 9.17) is 16.7 Å². The Bertz CT molecular complexity index is 634. The summed E-state index contributed by atoms with van der Waals surface area (Å²) in [6.45, 7) is 2.31. The van der Waals surface area contributed by atoms with Crippen LogP contribution in [0.5, 0.6) is 0 Å². The average Bonchev–Trinajstić information content (AvgIpc) is 2.81. The van der Waals surface area contributed by atoms with Gasteiger partial charge in [-0.1, -0.05) is 11.6 Å². The molecular weight excluding hydrogens is 364 g/mol. The Morgan fingerprint density at radius 2 is 2.08 bits per heavy atom. The summed E-state index contributed by atoms with van der Waals surface area (Å²) in [6, 6.07) is 3.65. The SMILES string of the molecule is CC(=O)N(CC(=O)O)C1CCCN(C(=O)CCc2ccc(Cl)s2)CC1. The lowest BCUT2D eigenvalue weighted by molar-refractivity contribution is -0.145. The zero-order chi connectivity index (χ0) is 18.4. The summed E-state index contributed by atoms with van der Waals surface area (Å²) in [5.74, 6) is -1.15. The van der Waals surface area contributed by atoms with Crippen molar-refractivity contribution >= 4 is 40.7 Å². The van der Waals surface area contributed by atoms with E-state index in [1.54, 1.807) is 0 Å². The smallest absolute Gasteiger partial charge is 0.323 e. The van der Waals surface area contributed by atoms with Crippen molar-refractivity contribution in [3.05, 3.63) is 21.3 Å². The number of rotatable bonds is 6. The van der Waals surface area contributed by atoms with Gasteiger partial charge in [0.05, 0.1) is 4.34 Å². The minimum absolute atomic E-state index is 0.0952. The number of likely N-dealkylation sites (tertiary alicyclic amines) is 1. The molecule has 1 unspecified atom stereocenters. The van der Waals surface area contributed by atoms with Crippen LogP contribution >= 0.6 is 22.9 Å². The van der Waals surface area contributed by atoms with E-state index in [0.717, 1.165) is 22.1 Å². The lowest BCUT2D eigenvalue weighted by atomic mass is 10.1. The van der Waals surface area contributed by atoms with Gasteiger partial charge in [-0.15, -0.1) is 11.3 Å². The van der Waals surface area contributed by atoms with Gasteiger partial charge in [-0.25, -0.2) is 0 Å². The van der Waals surface area contributed by atoms with Crippen LogP contribution in [-0.4, -0.2) is 58.4 Å². The third kappa shape index (κ3) is 6.01. The second-order valence-electron chi connectivity index (χ2n) is 6.21. The number of nitrogens with zero attached hydrogens (tertiary/aromatic N) is 2. The molecule has 1 aliphatic rings. The van der Waals surface area contributed by atoms with E-state index in [1.165, 1.54) is 23.2 Å². The molecule has 1 aromatic heterocycles. The van der Waals surface area contributed by atoms with Crippen molar-refractivity contribution < 1.29 is 19.5 Å². The molecule has 138 valence electrons. The van der Waals surface area contributed by atoms with Crippen molar-refractivity contribution in [2.24, 2.45) is 0 Å². The van der Waals surface area contributed by atoms with Crippen molar-refractivity contribution in [1.29, 1.82) is 0 Å². The minimum Gasteiger partial charge on any atom is -0.480 e. The quantitative estimate of drug-likeness (QED) is 0.815. The third-order valence-corrected chi connectivity index (χ3v) is 5.71. The van der Waals surface area contributed by atoms with Crippen LogP contribution < -0.4 is 0 Å². The Balaban J connectivity index is 1.87. The fourth-order valence-corrected chi connectivity index (χ4v) is 4.24. The molecule has 0 aliphatic carbocycles. The number of carboxylic acid groups (broad SMARTS) is 1. The van der Waals surface area contributed by atoms with Gasteiger partial charge in [-0.2, -0.15) is 0 Å². The molecule has 0 spiro atoms. The van der Waals surface area contributed by atoms with Crippen LogP contribution in [0.15, 0.2) is 12.1 Å². The Morgan fingerprint density at radius 1 is 1.32 bits per heavy atom. The molecule has 8 heteroatoms. The Labute approximate surface area is 156 Å². The summed E-state index contributed by atoms with van der Waals surface area (Å²) in [7, 11) is 0. The van der Waals surface area contributed by atoms with Crippen molar-refractivity contribution in [2.45, 2.75) is 45.1 Å². The highest BCUT2D eigenvalue weighted by Crippen LogP contribution is 2.23. The highest BCUT2D eigenvalue weighted by atomic mass is 35.5. The number of halogens is 1. The number of thiophene rings is 1. The van der Waals surface area contributed by atoms with Crippen molar-refractivity contribution in [2.75, 3.05) is 19.6 Å². The van der Waals surface area contributed by atoms with Gasteiger partial charge >= 0.3 is 5.97 Å². The highest BCUT2D eigenvalue weighted by molar-refractivity contribution is 7.16. The van der Waals surface area contributed by atoms with Gasteiger partial charge in [0, 0.05) is 37.4 Å². The van der Waals surface area contributed by atoms with Crippen LogP contribution in [0.2, 0.25) is 4.34 Å². The number of carboxylic acids is 1. The molecule has 6 nitrogen and oxygen atoms in total. The summed E-state index contributed by atoms with van der Waals surface area (Å²) in [6.07, 6.45) is 3.22. The molecule has 2 rings (SSSR count). The second kappa shape index (κ2) is 9.20. The van der Waals surface area contributed by atoms with Gasteiger partial charge in [0.25, 0.3) is 0 Å². The Morgan fingerprint density at radius 3 is 2.68 bits per heavy atom. The molecule has 0 radical (unpaired) electrons. The van der Waals surface area contributed by atoms with E-state index in [2.05, 4.69) is 0 Å². The highest BCUT2D eigenvalue weighted by Gasteiger charge is 2.27. The van der Waals surface area contributed by atoms with Gasteiger partial charge in [0.15, 0.2) is 0 Å². The zero-order valence-electron chi connectivity index (χ0n) is 14.2. The first-order chi connectivity index (χ1) is 11.9. The summed E-state index contributed by atoms with van der Waals surface area (Å²) in [4.78, 5) is 39.5. The lowest BCUT2D eigenvalue weighted by Gasteiger charge is -2.28. The first kappa shape index (κ1) is 19.7. The molecule has 2 amide bonds. The number of carbonyl (C=O) groups excluding carboxylic acids is 2. The maximum Gasteiger partial charge on any atom is 0.323 e. The molecule has 1 N–H and O–H groups in total. The van der Waals surface area contributed by atoms with E-state index in [0.29, 0.717) is 32.4 Å². The third-order valence-electron chi connectivity index (χ3n) is 4.42. The molecule has 0 bridgehead atoms. The van der Waals surface area contributed by atoms with Gasteiger partial charge in [-0.05, 0) is 37.8 Å². The number of amides is 2. The Kier molecular flexibility index (Phi) is 7.25. The van der Waals surface area contributed by atoms with Gasteiger partial charge in [-0.3, -0.25) is 14.4 Å². The van der Waals surface area contributed by atoms with E-state index >= 15 is 0 Å². The number of aryl methyl sites for hydroxylation is 1. The molecule has 1 fully saturated rings. The topological polar surface area (TPSA) is 77.9 Å². The Hall–Kier alpha value is -1.60. The van der Waals surface area contributed by atoms with Crippen LogP contribution in [0.1, 0.15) is 37.5 Å². The van der Waals surface area contributed by atoms with Crippen LogP contribution in [0.4, 0.5) is 0 Å². The van der Waals surface area contributed by atoms with Crippen LogP contribution in [-0.2, 0) is 20.8 Å². The first-order valence-electron chi connectivity index (χ1n) is 8.38. The largest absolute Gasteiger partial charge is 0.480 e. The maximum atomic E-state index is 12.4. The fourth-order valence-electron chi connectivity index (χ4n) is 3.16. The molecular formula is C17H23ClN2O4S. The van der Waals surface area contributed by atoms with Crippen LogP contribution in [0, 0.1) is 0 Å². The van der Waals surface area contributed by atoms with Crippen LogP contribution in [0.25, 0.3) is 0 Å². The standard InChI is InChI=1S/C17H23ClN2O4S/c1-12(21)20(11-17(23)24)13-3-2-9-19(10-8-13)16(22)7-5-14-4-6-15(18)25-14/h4,6,13H,2-3,5,7-11H2,1H3,(H,23,24). The second-order valence-corrected chi connectivity index (χ2v) is 8.01. The molecule has 1 aliphatic heterocycles. The normalized spacial score (nSPS) is 17.8. The van der Waals surface area contributed by atoms with Crippen molar-refractivity contribution in [3.8, 4) is 0 Å². The van der Waals surface area contributed by atoms with E-state index in [-0.39, 0.29) is 24.4 Å². The molecule has 0 aromatic carbocycles. The fraction of sp³-hybridized carbons (Fsp3) is 0.588. The molecule has 0 saturated carbocycles. The van der Waals surface area contributed by atoms with Gasteiger partial charge < -0.3 is 14.9 Å². The van der Waals surface area contributed by atoms with Crippen LogP contribution in [0.3, 0.4) is 0 Å². The summed E-state index contributed by atoms with van der Waals surface area (Å²) >= 11 is 7.39. The van der Waals surface area contributed by atoms with E-state index in [1.807, 2.05) is 17.0 Å². The van der Waals surface area contributed by atoms with Crippen molar-refractivity contribution in [3.63, 3.8) is 0 Å². The number of hydrogen-bond donors (Lipinski definition) is 1. The van der Waals surface area contributed by atoms with E-state index < -0.39 is 5.97 Å². The molecule has 1 aromatic rings. The molecule has 25 heavy (non-hydrogen) atoms. The number of carbonyl (C=O) groups is 3. The van der Waals surface area contributed by atoms with E-state index in [9.17, 15) is 14.4 Å². The molecule has 1 saturated heterocycles. The average molecular weight is 387 g/mol. The monoisotopic (exact) mass is 386 g/mol. The molecule has 1 atom stereocenters. The molecule has 2 heterocycles. The van der Waals surface area contributed by atoms with Crippen molar-refractivity contribution in [1.82, 2.24) is 9.80 Å². The summed E-state index contributed by atoms with van der Waals surface area (Å²) < 4.78 is 0.725. The van der Waals surface area contributed by atoms with Gasteiger partial charge in [0.2, 0.25) is 11.8 Å². The first-order valence-corrected chi connectivity index (χ1v) is 9.57. The van der Waals surface area contributed by atoms with Gasteiger partial charge in [0.1, 0.15) is 6.54 Å². The predicted octanol–water partition coefficient (Wildman–Crippen LogP) is 2.65. The number of hydrogen-bond acceptors (Lipinski definition) is 4. The summed E-state index contributed by atoms with van der Waals surface area (Å²) in [5.41, 5.74) is 0. The number of aliphatic carboxylic acids is 1. The minimum atomic E-state index is -1.01. The zero-order valence-corrected chi connectivity index (χ0v) is 15.8. The predicted molar refractivity (Wildman–Crippen MR) is 96.9 cm³/mol.